The van der Waals surface area contributed by atoms with Gasteiger partial charge in [0.25, 0.3) is 5.91 Å². The molecule has 0 bridgehead atoms. The van der Waals surface area contributed by atoms with E-state index in [0.717, 1.165) is 18.7 Å². The molecule has 112 valence electrons. The molecule has 0 aliphatic heterocycles. The van der Waals surface area contributed by atoms with E-state index in [1.165, 1.54) is 15.3 Å². The lowest BCUT2D eigenvalue weighted by molar-refractivity contribution is 0.0946. The van der Waals surface area contributed by atoms with Gasteiger partial charge in [-0.2, -0.15) is 0 Å². The highest BCUT2D eigenvalue weighted by Gasteiger charge is 2.08. The van der Waals surface area contributed by atoms with Crippen molar-refractivity contribution in [2.45, 2.75) is 33.7 Å². The summed E-state index contributed by atoms with van der Waals surface area (Å²) in [6, 6.07) is 5.75. The standard InChI is InChI=1S/C16H21N3OS/c1-4-7-17-13-5-6-15(18-9-13)16(20)19-10-14-8-11(2)12(3)21-14/h5-6,8-9,17H,4,7,10H2,1-3H3,(H,19,20). The molecule has 0 saturated heterocycles. The molecule has 0 spiro atoms. The van der Waals surface area contributed by atoms with Gasteiger partial charge in [-0.05, 0) is 44.0 Å². The highest BCUT2D eigenvalue weighted by Crippen LogP contribution is 2.20. The van der Waals surface area contributed by atoms with Crippen molar-refractivity contribution >= 4 is 22.9 Å². The summed E-state index contributed by atoms with van der Waals surface area (Å²) < 4.78 is 0. The Morgan fingerprint density at radius 1 is 1.33 bits per heavy atom. The van der Waals surface area contributed by atoms with Gasteiger partial charge in [0, 0.05) is 16.3 Å². The maximum Gasteiger partial charge on any atom is 0.270 e. The normalized spacial score (nSPS) is 10.4. The molecular formula is C16H21N3OS. The second-order valence-electron chi connectivity index (χ2n) is 4.99. The first-order chi connectivity index (χ1) is 10.1. The van der Waals surface area contributed by atoms with Crippen molar-refractivity contribution < 1.29 is 4.79 Å². The first-order valence-electron chi connectivity index (χ1n) is 7.14. The summed E-state index contributed by atoms with van der Waals surface area (Å²) in [5.41, 5.74) is 2.66. The highest BCUT2D eigenvalue weighted by molar-refractivity contribution is 7.12. The maximum absolute atomic E-state index is 12.0. The monoisotopic (exact) mass is 303 g/mol. The van der Waals surface area contributed by atoms with E-state index in [4.69, 9.17) is 0 Å². The van der Waals surface area contributed by atoms with Gasteiger partial charge in [-0.25, -0.2) is 4.98 Å². The number of rotatable bonds is 6. The number of nitrogens with one attached hydrogen (secondary N) is 2. The van der Waals surface area contributed by atoms with Gasteiger partial charge in [0.15, 0.2) is 0 Å². The summed E-state index contributed by atoms with van der Waals surface area (Å²) in [7, 11) is 0. The lowest BCUT2D eigenvalue weighted by Crippen LogP contribution is -2.23. The first kappa shape index (κ1) is 15.5. The Labute approximate surface area is 129 Å². The maximum atomic E-state index is 12.0. The number of amides is 1. The van der Waals surface area contributed by atoms with Crippen molar-refractivity contribution in [3.8, 4) is 0 Å². The molecule has 5 heteroatoms. The van der Waals surface area contributed by atoms with Crippen LogP contribution in [0.15, 0.2) is 24.4 Å². The quantitative estimate of drug-likeness (QED) is 0.858. The molecule has 2 aromatic rings. The number of hydrogen-bond donors (Lipinski definition) is 2. The number of anilines is 1. The number of hydrogen-bond acceptors (Lipinski definition) is 4. The number of nitrogens with zero attached hydrogens (tertiary/aromatic N) is 1. The topological polar surface area (TPSA) is 54.0 Å². The van der Waals surface area contributed by atoms with Crippen molar-refractivity contribution in [3.05, 3.63) is 45.4 Å². The van der Waals surface area contributed by atoms with Crippen LogP contribution in [-0.2, 0) is 6.54 Å². The molecule has 0 aliphatic carbocycles. The lowest BCUT2D eigenvalue weighted by atomic mass is 10.3. The summed E-state index contributed by atoms with van der Waals surface area (Å²) in [6.45, 7) is 7.74. The SMILES string of the molecule is CCCNc1ccc(C(=O)NCc2cc(C)c(C)s2)nc1. The summed E-state index contributed by atoms with van der Waals surface area (Å²) >= 11 is 1.72. The van der Waals surface area contributed by atoms with E-state index in [0.29, 0.717) is 12.2 Å². The number of aryl methyl sites for hydroxylation is 2. The highest BCUT2D eigenvalue weighted by atomic mass is 32.1. The van der Waals surface area contributed by atoms with E-state index < -0.39 is 0 Å². The van der Waals surface area contributed by atoms with Crippen LogP contribution in [0.25, 0.3) is 0 Å². The van der Waals surface area contributed by atoms with E-state index in [9.17, 15) is 4.79 Å². The van der Waals surface area contributed by atoms with E-state index in [-0.39, 0.29) is 5.91 Å². The molecule has 2 rings (SSSR count). The minimum atomic E-state index is -0.138. The summed E-state index contributed by atoms with van der Waals surface area (Å²) in [5, 5.41) is 6.14. The Kier molecular flexibility index (Phi) is 5.33. The molecule has 2 heterocycles. The molecule has 0 aliphatic rings. The molecular weight excluding hydrogens is 282 g/mol. The lowest BCUT2D eigenvalue weighted by Gasteiger charge is -2.06. The van der Waals surface area contributed by atoms with E-state index in [1.54, 1.807) is 23.6 Å². The third-order valence-corrected chi connectivity index (χ3v) is 4.37. The minimum absolute atomic E-state index is 0.138. The molecule has 0 unspecified atom stereocenters. The van der Waals surface area contributed by atoms with Crippen LogP contribution in [0.2, 0.25) is 0 Å². The second kappa shape index (κ2) is 7.22. The van der Waals surface area contributed by atoms with Crippen LogP contribution in [-0.4, -0.2) is 17.4 Å². The van der Waals surface area contributed by atoms with Crippen LogP contribution < -0.4 is 10.6 Å². The molecule has 21 heavy (non-hydrogen) atoms. The molecule has 2 N–H and O–H groups in total. The van der Waals surface area contributed by atoms with Crippen LogP contribution in [0.1, 0.15) is 39.2 Å². The van der Waals surface area contributed by atoms with Crippen LogP contribution in [0.3, 0.4) is 0 Å². The summed E-state index contributed by atoms with van der Waals surface area (Å²) in [4.78, 5) is 18.7. The average molecular weight is 303 g/mol. The number of pyridine rings is 1. The van der Waals surface area contributed by atoms with Gasteiger partial charge in [0.05, 0.1) is 18.4 Å². The molecule has 4 nitrogen and oxygen atoms in total. The fraction of sp³-hybridized carbons (Fsp3) is 0.375. The van der Waals surface area contributed by atoms with Crippen molar-refractivity contribution in [1.29, 1.82) is 0 Å². The van der Waals surface area contributed by atoms with E-state index in [2.05, 4.69) is 42.5 Å². The van der Waals surface area contributed by atoms with Crippen molar-refractivity contribution in [2.75, 3.05) is 11.9 Å². The van der Waals surface area contributed by atoms with Gasteiger partial charge >= 0.3 is 0 Å². The predicted octanol–water partition coefficient (Wildman–Crippen LogP) is 3.51. The fourth-order valence-electron chi connectivity index (χ4n) is 1.90. The number of aromatic nitrogens is 1. The van der Waals surface area contributed by atoms with Crippen LogP contribution in [0, 0.1) is 13.8 Å². The van der Waals surface area contributed by atoms with Crippen molar-refractivity contribution in [1.82, 2.24) is 10.3 Å². The average Bonchev–Trinajstić information content (AvgIpc) is 2.82. The minimum Gasteiger partial charge on any atom is -0.384 e. The number of thiophene rings is 1. The number of carbonyl (C=O) groups is 1. The summed E-state index contributed by atoms with van der Waals surface area (Å²) in [5.74, 6) is -0.138. The Morgan fingerprint density at radius 3 is 2.71 bits per heavy atom. The van der Waals surface area contributed by atoms with Gasteiger partial charge in [0.2, 0.25) is 0 Å². The zero-order valence-corrected chi connectivity index (χ0v) is 13.5. The molecule has 0 saturated carbocycles. The second-order valence-corrected chi connectivity index (χ2v) is 6.33. The Balaban J connectivity index is 1.90. The van der Waals surface area contributed by atoms with Crippen LogP contribution >= 0.6 is 11.3 Å². The molecule has 0 aromatic carbocycles. The van der Waals surface area contributed by atoms with Crippen molar-refractivity contribution in [3.63, 3.8) is 0 Å². The van der Waals surface area contributed by atoms with Gasteiger partial charge in [-0.3, -0.25) is 4.79 Å². The van der Waals surface area contributed by atoms with E-state index >= 15 is 0 Å². The zero-order valence-electron chi connectivity index (χ0n) is 12.7. The van der Waals surface area contributed by atoms with Gasteiger partial charge in [-0.1, -0.05) is 6.92 Å². The van der Waals surface area contributed by atoms with Gasteiger partial charge < -0.3 is 10.6 Å². The molecule has 0 fully saturated rings. The number of carbonyl (C=O) groups excluding carboxylic acids is 1. The molecule has 0 radical (unpaired) electrons. The third kappa shape index (κ3) is 4.29. The molecule has 2 aromatic heterocycles. The Bertz CT molecular complexity index is 585. The fourth-order valence-corrected chi connectivity index (χ4v) is 2.89. The Morgan fingerprint density at radius 2 is 2.14 bits per heavy atom. The molecule has 0 atom stereocenters. The van der Waals surface area contributed by atoms with Gasteiger partial charge in [-0.15, -0.1) is 11.3 Å². The van der Waals surface area contributed by atoms with E-state index in [1.807, 2.05) is 6.07 Å². The van der Waals surface area contributed by atoms with Crippen LogP contribution in [0.4, 0.5) is 5.69 Å². The zero-order chi connectivity index (χ0) is 15.2. The largest absolute Gasteiger partial charge is 0.384 e. The smallest absolute Gasteiger partial charge is 0.270 e. The summed E-state index contributed by atoms with van der Waals surface area (Å²) in [6.07, 6.45) is 2.76. The van der Waals surface area contributed by atoms with Crippen LogP contribution in [0.5, 0.6) is 0 Å². The van der Waals surface area contributed by atoms with Gasteiger partial charge in [0.1, 0.15) is 5.69 Å². The molecule has 1 amide bonds. The Hall–Kier alpha value is -1.88. The first-order valence-corrected chi connectivity index (χ1v) is 7.96. The van der Waals surface area contributed by atoms with Crippen molar-refractivity contribution in [2.24, 2.45) is 0 Å². The predicted molar refractivity (Wildman–Crippen MR) is 88.0 cm³/mol. The third-order valence-electron chi connectivity index (χ3n) is 3.22.